The minimum absolute atomic E-state index is 0.0438. The number of carbonyl (C=O) groups is 2. The number of amides is 1. The summed E-state index contributed by atoms with van der Waals surface area (Å²) in [5.74, 6) is -0.733. The monoisotopic (exact) mass is 380 g/mol. The second-order valence-corrected chi connectivity index (χ2v) is 7.19. The molecule has 144 valence electrons. The van der Waals surface area contributed by atoms with E-state index in [9.17, 15) is 14.4 Å². The minimum Gasteiger partial charge on any atom is -0.477 e. The third-order valence-corrected chi connectivity index (χ3v) is 5.31. The molecule has 1 fully saturated rings. The van der Waals surface area contributed by atoms with Crippen LogP contribution >= 0.6 is 0 Å². The van der Waals surface area contributed by atoms with Crippen LogP contribution in [0.3, 0.4) is 0 Å². The molecule has 0 saturated heterocycles. The van der Waals surface area contributed by atoms with Crippen LogP contribution in [0.25, 0.3) is 16.6 Å². The molecule has 2 heterocycles. The van der Waals surface area contributed by atoms with Gasteiger partial charge >= 0.3 is 5.97 Å². The number of anilines is 1. The van der Waals surface area contributed by atoms with Crippen LogP contribution < -0.4 is 10.9 Å². The molecule has 4 rings (SSSR count). The molecule has 8 nitrogen and oxygen atoms in total. The third kappa shape index (κ3) is 3.45. The number of hydrogen-bond donors (Lipinski definition) is 2. The molecule has 0 atom stereocenters. The number of aromatic nitrogens is 3. The van der Waals surface area contributed by atoms with Gasteiger partial charge in [0.05, 0.1) is 5.52 Å². The van der Waals surface area contributed by atoms with Gasteiger partial charge in [-0.15, -0.1) is 0 Å². The lowest BCUT2D eigenvalue weighted by Crippen LogP contribution is -2.23. The van der Waals surface area contributed by atoms with Crippen LogP contribution in [0.15, 0.2) is 35.5 Å². The fraction of sp³-hybridized carbons (Fsp3) is 0.350. The van der Waals surface area contributed by atoms with Crippen LogP contribution in [0.2, 0.25) is 0 Å². The Morgan fingerprint density at radius 3 is 2.75 bits per heavy atom. The van der Waals surface area contributed by atoms with Crippen LogP contribution in [0.5, 0.6) is 0 Å². The maximum absolute atomic E-state index is 12.3. The third-order valence-electron chi connectivity index (χ3n) is 5.31. The Bertz CT molecular complexity index is 1130. The van der Waals surface area contributed by atoms with Crippen molar-refractivity contribution in [1.82, 2.24) is 14.4 Å². The molecule has 0 aliphatic heterocycles. The summed E-state index contributed by atoms with van der Waals surface area (Å²) in [5, 5.41) is 12.5. The summed E-state index contributed by atoms with van der Waals surface area (Å²) in [5.41, 5.74) is 0.365. The van der Waals surface area contributed by atoms with Crippen molar-refractivity contribution in [2.24, 2.45) is 5.92 Å². The zero-order valence-electron chi connectivity index (χ0n) is 15.2. The standard InChI is InChI=1S/C20H20N4O4/c25-17(8-5-12-3-1-2-4-12)23-13-6-7-16-14(9-13)18-21-10-15(20(27)28)19(26)24(18)11-22-16/h6-7,9-12H,1-5,8H2,(H,23,25)(H,27,28). The second kappa shape index (κ2) is 7.38. The Kier molecular flexibility index (Phi) is 4.77. The topological polar surface area (TPSA) is 114 Å². The summed E-state index contributed by atoms with van der Waals surface area (Å²) in [6.45, 7) is 0. The first kappa shape index (κ1) is 18.1. The first-order chi connectivity index (χ1) is 13.5. The Morgan fingerprint density at radius 1 is 1.21 bits per heavy atom. The lowest BCUT2D eigenvalue weighted by atomic mass is 10.0. The van der Waals surface area contributed by atoms with Gasteiger partial charge in [0.25, 0.3) is 5.56 Å². The maximum Gasteiger partial charge on any atom is 0.342 e. The first-order valence-corrected chi connectivity index (χ1v) is 9.36. The molecule has 2 N–H and O–H groups in total. The quantitative estimate of drug-likeness (QED) is 0.658. The number of benzene rings is 1. The summed E-state index contributed by atoms with van der Waals surface area (Å²) in [7, 11) is 0. The van der Waals surface area contributed by atoms with E-state index < -0.39 is 17.1 Å². The number of carboxylic acids is 1. The summed E-state index contributed by atoms with van der Waals surface area (Å²) in [6.07, 6.45) is 8.62. The highest BCUT2D eigenvalue weighted by Crippen LogP contribution is 2.28. The van der Waals surface area contributed by atoms with Crippen molar-refractivity contribution in [2.75, 3.05) is 5.32 Å². The number of nitrogens with zero attached hydrogens (tertiary/aromatic N) is 3. The second-order valence-electron chi connectivity index (χ2n) is 7.19. The van der Waals surface area contributed by atoms with E-state index in [0.717, 1.165) is 17.0 Å². The predicted molar refractivity (Wildman–Crippen MR) is 104 cm³/mol. The summed E-state index contributed by atoms with van der Waals surface area (Å²) in [4.78, 5) is 44.1. The smallest absolute Gasteiger partial charge is 0.342 e. The van der Waals surface area contributed by atoms with Gasteiger partial charge in [-0.05, 0) is 30.5 Å². The molecule has 8 heteroatoms. The minimum atomic E-state index is -1.34. The maximum atomic E-state index is 12.3. The van der Waals surface area contributed by atoms with Crippen LogP contribution in [-0.2, 0) is 4.79 Å². The SMILES string of the molecule is O=C(CCC1CCCC1)Nc1ccc2ncn3c(=O)c(C(=O)O)cnc3c2c1. The van der Waals surface area contributed by atoms with E-state index in [-0.39, 0.29) is 5.91 Å². The largest absolute Gasteiger partial charge is 0.477 e. The van der Waals surface area contributed by atoms with Gasteiger partial charge in [0.2, 0.25) is 5.91 Å². The van der Waals surface area contributed by atoms with Crippen molar-refractivity contribution >= 4 is 34.1 Å². The van der Waals surface area contributed by atoms with Gasteiger partial charge in [-0.3, -0.25) is 9.59 Å². The average Bonchev–Trinajstić information content (AvgIpc) is 3.20. The predicted octanol–water partition coefficient (Wildman–Crippen LogP) is 2.85. The van der Waals surface area contributed by atoms with Crippen LogP contribution in [0, 0.1) is 5.92 Å². The summed E-state index contributed by atoms with van der Waals surface area (Å²) < 4.78 is 1.11. The number of rotatable bonds is 5. The van der Waals surface area contributed by atoms with Crippen molar-refractivity contribution in [3.8, 4) is 0 Å². The van der Waals surface area contributed by atoms with Crippen molar-refractivity contribution < 1.29 is 14.7 Å². The van der Waals surface area contributed by atoms with E-state index in [1.54, 1.807) is 18.2 Å². The van der Waals surface area contributed by atoms with Gasteiger partial charge < -0.3 is 10.4 Å². The van der Waals surface area contributed by atoms with Gasteiger partial charge in [0.1, 0.15) is 17.5 Å². The average molecular weight is 380 g/mol. The van der Waals surface area contributed by atoms with E-state index in [2.05, 4.69) is 15.3 Å². The lowest BCUT2D eigenvalue weighted by Gasteiger charge is -2.10. The number of carboxylic acid groups (broad SMARTS) is 1. The van der Waals surface area contributed by atoms with Gasteiger partial charge in [0.15, 0.2) is 0 Å². The molecule has 3 aromatic rings. The van der Waals surface area contributed by atoms with Crippen LogP contribution in [-0.4, -0.2) is 31.4 Å². The number of nitrogens with one attached hydrogen (secondary N) is 1. The molecule has 1 aliphatic carbocycles. The molecule has 0 radical (unpaired) electrons. The molecular formula is C20H20N4O4. The van der Waals surface area contributed by atoms with Crippen molar-refractivity contribution in [2.45, 2.75) is 38.5 Å². The Balaban J connectivity index is 1.62. The van der Waals surface area contributed by atoms with Crippen LogP contribution in [0.4, 0.5) is 5.69 Å². The van der Waals surface area contributed by atoms with Gasteiger partial charge in [-0.2, -0.15) is 0 Å². The van der Waals surface area contributed by atoms with Crippen molar-refractivity contribution in [3.05, 3.63) is 46.6 Å². The highest BCUT2D eigenvalue weighted by molar-refractivity contribution is 5.98. The van der Waals surface area contributed by atoms with E-state index >= 15 is 0 Å². The molecule has 0 bridgehead atoms. The zero-order chi connectivity index (χ0) is 19.7. The molecule has 28 heavy (non-hydrogen) atoms. The van der Waals surface area contributed by atoms with Gasteiger partial charge in [0, 0.05) is 23.7 Å². The molecular weight excluding hydrogens is 360 g/mol. The van der Waals surface area contributed by atoms with Gasteiger partial charge in [-0.1, -0.05) is 25.7 Å². The molecule has 1 saturated carbocycles. The Hall–Kier alpha value is -3.29. The molecule has 2 aromatic heterocycles. The molecule has 1 amide bonds. The first-order valence-electron chi connectivity index (χ1n) is 9.36. The van der Waals surface area contributed by atoms with Crippen LogP contribution in [0.1, 0.15) is 48.9 Å². The summed E-state index contributed by atoms with van der Waals surface area (Å²) in [6, 6.07) is 5.19. The lowest BCUT2D eigenvalue weighted by molar-refractivity contribution is -0.116. The highest BCUT2D eigenvalue weighted by Gasteiger charge is 2.17. The number of aromatic carboxylic acids is 1. The molecule has 0 spiro atoms. The summed E-state index contributed by atoms with van der Waals surface area (Å²) >= 11 is 0. The Morgan fingerprint density at radius 2 is 2.00 bits per heavy atom. The van der Waals surface area contributed by atoms with Gasteiger partial charge in [-0.25, -0.2) is 19.2 Å². The van der Waals surface area contributed by atoms with Crippen molar-refractivity contribution in [1.29, 1.82) is 0 Å². The molecule has 1 aromatic carbocycles. The van der Waals surface area contributed by atoms with E-state index in [1.165, 1.54) is 32.0 Å². The zero-order valence-corrected chi connectivity index (χ0v) is 15.2. The van der Waals surface area contributed by atoms with E-state index in [0.29, 0.717) is 34.6 Å². The van der Waals surface area contributed by atoms with Crippen molar-refractivity contribution in [3.63, 3.8) is 0 Å². The van der Waals surface area contributed by atoms with E-state index in [1.807, 2.05) is 0 Å². The van der Waals surface area contributed by atoms with E-state index in [4.69, 9.17) is 5.11 Å². The highest BCUT2D eigenvalue weighted by atomic mass is 16.4. The normalized spacial score (nSPS) is 14.6. The molecule has 1 aliphatic rings. The number of hydrogen-bond acceptors (Lipinski definition) is 5. The number of carbonyl (C=O) groups excluding carboxylic acids is 1. The number of fused-ring (bicyclic) bond motifs is 3. The Labute approximate surface area is 160 Å². The fourth-order valence-electron chi connectivity index (χ4n) is 3.81. The fourth-order valence-corrected chi connectivity index (χ4v) is 3.81. The molecule has 0 unspecified atom stereocenters.